The second kappa shape index (κ2) is 5.83. The molecule has 0 aromatic heterocycles. The highest BCUT2D eigenvalue weighted by Gasteiger charge is 2.30. The van der Waals surface area contributed by atoms with Crippen molar-refractivity contribution in [2.45, 2.75) is 25.4 Å². The summed E-state index contributed by atoms with van der Waals surface area (Å²) in [4.78, 5) is 35.6. The van der Waals surface area contributed by atoms with Gasteiger partial charge in [-0.2, -0.15) is 0 Å². The van der Waals surface area contributed by atoms with E-state index in [0.717, 1.165) is 0 Å². The Morgan fingerprint density at radius 1 is 1.45 bits per heavy atom. The zero-order valence-electron chi connectivity index (χ0n) is 11.1. The molecule has 1 aromatic rings. The molecule has 0 aliphatic carbocycles. The number of amides is 2. The minimum Gasteiger partial charge on any atom is -0.508 e. The standard InChI is InChI=1S/C14H16N2O4/c1-16(11-5-6-13(19)15-14(11)20)7-10-9(8-17)3-2-4-12(10)18/h2-4,8,11,18H,5-7H2,1H3,(H,15,19,20). The molecular formula is C14H16N2O4. The molecule has 1 aliphatic rings. The van der Waals surface area contributed by atoms with Crippen LogP contribution >= 0.6 is 0 Å². The summed E-state index contributed by atoms with van der Waals surface area (Å²) in [6, 6.07) is 4.27. The molecule has 1 fully saturated rings. The van der Waals surface area contributed by atoms with Gasteiger partial charge in [-0.1, -0.05) is 12.1 Å². The first-order valence-electron chi connectivity index (χ1n) is 6.33. The Balaban J connectivity index is 2.16. The molecule has 1 aliphatic heterocycles. The average Bonchev–Trinajstić information content (AvgIpc) is 2.40. The fourth-order valence-electron chi connectivity index (χ4n) is 2.34. The summed E-state index contributed by atoms with van der Waals surface area (Å²) < 4.78 is 0. The molecular weight excluding hydrogens is 260 g/mol. The molecule has 6 nitrogen and oxygen atoms in total. The fourth-order valence-corrected chi connectivity index (χ4v) is 2.34. The number of hydrogen-bond acceptors (Lipinski definition) is 5. The molecule has 1 atom stereocenters. The van der Waals surface area contributed by atoms with Crippen LogP contribution in [0.15, 0.2) is 18.2 Å². The van der Waals surface area contributed by atoms with Crippen LogP contribution in [0.25, 0.3) is 0 Å². The Bertz CT molecular complexity index is 556. The third-order valence-corrected chi connectivity index (χ3v) is 3.46. The Morgan fingerprint density at radius 2 is 2.20 bits per heavy atom. The Kier molecular flexibility index (Phi) is 4.14. The highest BCUT2D eigenvalue weighted by atomic mass is 16.3. The number of phenolic OH excluding ortho intramolecular Hbond substituents is 1. The van der Waals surface area contributed by atoms with Crippen molar-refractivity contribution in [1.29, 1.82) is 0 Å². The van der Waals surface area contributed by atoms with Crippen molar-refractivity contribution in [3.8, 4) is 5.75 Å². The molecule has 6 heteroatoms. The zero-order chi connectivity index (χ0) is 14.7. The summed E-state index contributed by atoms with van der Waals surface area (Å²) in [5.41, 5.74) is 0.874. The second-order valence-corrected chi connectivity index (χ2v) is 4.84. The molecule has 2 rings (SSSR count). The number of aromatic hydroxyl groups is 1. The topological polar surface area (TPSA) is 86.7 Å². The van der Waals surface area contributed by atoms with Crippen LogP contribution in [-0.4, -0.2) is 41.2 Å². The van der Waals surface area contributed by atoms with E-state index in [9.17, 15) is 19.5 Å². The quantitative estimate of drug-likeness (QED) is 0.615. The number of likely N-dealkylation sites (N-methyl/N-ethyl adjacent to an activating group) is 1. The SMILES string of the molecule is CN(Cc1c(O)cccc1C=O)C1CCC(=O)NC1=O. The van der Waals surface area contributed by atoms with E-state index >= 15 is 0 Å². The molecule has 0 spiro atoms. The number of nitrogens with one attached hydrogen (secondary N) is 1. The van der Waals surface area contributed by atoms with Gasteiger partial charge in [0.1, 0.15) is 5.75 Å². The normalized spacial score (nSPS) is 19.0. The van der Waals surface area contributed by atoms with Gasteiger partial charge in [-0.25, -0.2) is 0 Å². The third kappa shape index (κ3) is 2.85. The summed E-state index contributed by atoms with van der Waals surface area (Å²) in [6.07, 6.45) is 1.40. The number of carbonyl (C=O) groups is 3. The van der Waals surface area contributed by atoms with Crippen LogP contribution in [0.4, 0.5) is 0 Å². The summed E-state index contributed by atoms with van der Waals surface area (Å²) in [5, 5.41) is 12.1. The number of rotatable bonds is 4. The summed E-state index contributed by atoms with van der Waals surface area (Å²) in [7, 11) is 1.72. The highest BCUT2D eigenvalue weighted by Crippen LogP contribution is 2.23. The molecule has 0 bridgehead atoms. The molecule has 2 N–H and O–H groups in total. The van der Waals surface area contributed by atoms with E-state index in [-0.39, 0.29) is 24.1 Å². The van der Waals surface area contributed by atoms with E-state index in [1.54, 1.807) is 24.1 Å². The van der Waals surface area contributed by atoms with E-state index in [1.807, 2.05) is 0 Å². The molecule has 1 aromatic carbocycles. The van der Waals surface area contributed by atoms with E-state index < -0.39 is 6.04 Å². The Hall–Kier alpha value is -2.21. The molecule has 20 heavy (non-hydrogen) atoms. The van der Waals surface area contributed by atoms with E-state index in [4.69, 9.17) is 0 Å². The maximum absolute atomic E-state index is 11.8. The molecule has 1 unspecified atom stereocenters. The molecule has 1 heterocycles. The van der Waals surface area contributed by atoms with Gasteiger partial charge in [0.05, 0.1) is 6.04 Å². The van der Waals surface area contributed by atoms with Crippen molar-refractivity contribution in [3.05, 3.63) is 29.3 Å². The first-order valence-corrected chi connectivity index (χ1v) is 6.33. The number of nitrogens with zero attached hydrogens (tertiary/aromatic N) is 1. The van der Waals surface area contributed by atoms with Crippen molar-refractivity contribution in [2.24, 2.45) is 0 Å². The van der Waals surface area contributed by atoms with Gasteiger partial charge in [0.2, 0.25) is 11.8 Å². The first kappa shape index (κ1) is 14.2. The van der Waals surface area contributed by atoms with Gasteiger partial charge in [0.25, 0.3) is 0 Å². The van der Waals surface area contributed by atoms with E-state index in [2.05, 4.69) is 5.32 Å². The van der Waals surface area contributed by atoms with Crippen molar-refractivity contribution in [2.75, 3.05) is 7.05 Å². The van der Waals surface area contributed by atoms with Crippen LogP contribution < -0.4 is 5.32 Å². The largest absolute Gasteiger partial charge is 0.508 e. The predicted octanol–water partition coefficient (Wildman–Crippen LogP) is 0.442. The lowest BCUT2D eigenvalue weighted by molar-refractivity contribution is -0.137. The predicted molar refractivity (Wildman–Crippen MR) is 71.1 cm³/mol. The number of phenols is 1. The van der Waals surface area contributed by atoms with Crippen molar-refractivity contribution >= 4 is 18.1 Å². The highest BCUT2D eigenvalue weighted by molar-refractivity contribution is 6.00. The smallest absolute Gasteiger partial charge is 0.243 e. The number of aldehydes is 1. The van der Waals surface area contributed by atoms with Crippen LogP contribution in [-0.2, 0) is 16.1 Å². The maximum Gasteiger partial charge on any atom is 0.243 e. The van der Waals surface area contributed by atoms with Crippen LogP contribution in [0.3, 0.4) is 0 Å². The Morgan fingerprint density at radius 3 is 2.85 bits per heavy atom. The lowest BCUT2D eigenvalue weighted by Crippen LogP contribution is -2.51. The van der Waals surface area contributed by atoms with E-state index in [1.165, 1.54) is 6.07 Å². The van der Waals surface area contributed by atoms with Gasteiger partial charge < -0.3 is 5.11 Å². The van der Waals surface area contributed by atoms with Gasteiger partial charge in [-0.3, -0.25) is 24.6 Å². The second-order valence-electron chi connectivity index (χ2n) is 4.84. The molecule has 0 saturated carbocycles. The summed E-state index contributed by atoms with van der Waals surface area (Å²) in [5.74, 6) is -0.587. The summed E-state index contributed by atoms with van der Waals surface area (Å²) >= 11 is 0. The lowest BCUT2D eigenvalue weighted by Gasteiger charge is -2.30. The van der Waals surface area contributed by atoms with Crippen LogP contribution in [0, 0.1) is 0 Å². The van der Waals surface area contributed by atoms with Gasteiger partial charge in [0, 0.05) is 24.1 Å². The minimum atomic E-state index is -0.438. The number of hydrogen-bond donors (Lipinski definition) is 2. The lowest BCUT2D eigenvalue weighted by atomic mass is 10.0. The molecule has 106 valence electrons. The van der Waals surface area contributed by atoms with Crippen LogP contribution in [0.1, 0.15) is 28.8 Å². The van der Waals surface area contributed by atoms with Crippen molar-refractivity contribution < 1.29 is 19.5 Å². The van der Waals surface area contributed by atoms with Crippen molar-refractivity contribution in [1.82, 2.24) is 10.2 Å². The number of carbonyl (C=O) groups excluding carboxylic acids is 3. The van der Waals surface area contributed by atoms with Crippen LogP contribution in [0.5, 0.6) is 5.75 Å². The van der Waals surface area contributed by atoms with Crippen molar-refractivity contribution in [3.63, 3.8) is 0 Å². The van der Waals surface area contributed by atoms with Crippen LogP contribution in [0.2, 0.25) is 0 Å². The van der Waals surface area contributed by atoms with Gasteiger partial charge in [-0.15, -0.1) is 0 Å². The first-order chi connectivity index (χ1) is 9.52. The number of piperidine rings is 1. The fraction of sp³-hybridized carbons (Fsp3) is 0.357. The number of imide groups is 1. The van der Waals surface area contributed by atoms with Gasteiger partial charge in [0.15, 0.2) is 6.29 Å². The monoisotopic (exact) mass is 276 g/mol. The number of benzene rings is 1. The molecule has 0 radical (unpaired) electrons. The zero-order valence-corrected chi connectivity index (χ0v) is 11.1. The minimum absolute atomic E-state index is 0.0220. The Labute approximate surface area is 116 Å². The summed E-state index contributed by atoms with van der Waals surface area (Å²) in [6.45, 7) is 0.257. The van der Waals surface area contributed by atoms with Gasteiger partial charge >= 0.3 is 0 Å². The van der Waals surface area contributed by atoms with E-state index in [0.29, 0.717) is 30.3 Å². The third-order valence-electron chi connectivity index (χ3n) is 3.46. The molecule has 2 amide bonds. The van der Waals surface area contributed by atoms with Gasteiger partial charge in [-0.05, 0) is 19.5 Å². The molecule has 1 saturated heterocycles. The average molecular weight is 276 g/mol. The maximum atomic E-state index is 11.8.